The van der Waals surface area contributed by atoms with Crippen LogP contribution in [0.3, 0.4) is 0 Å². The van der Waals surface area contributed by atoms with Crippen molar-refractivity contribution in [2.24, 2.45) is 0 Å². The molecule has 3 N–H and O–H groups in total. The van der Waals surface area contributed by atoms with Crippen molar-refractivity contribution in [2.45, 2.75) is 11.8 Å². The van der Waals surface area contributed by atoms with E-state index in [9.17, 15) is 9.90 Å². The maximum absolute atomic E-state index is 12.8. The van der Waals surface area contributed by atoms with Crippen LogP contribution in [0.5, 0.6) is 5.75 Å². The number of carbonyl (C=O) groups excluding carboxylic acids is 1. The van der Waals surface area contributed by atoms with E-state index in [2.05, 4.69) is 0 Å². The number of thioether (sulfide) groups is 1. The summed E-state index contributed by atoms with van der Waals surface area (Å²) in [5.74, 6) is 0.685. The van der Waals surface area contributed by atoms with E-state index in [0.717, 1.165) is 16.3 Å². The Bertz CT molecular complexity index is 715. The number of aryl methyl sites for hydroxylation is 1. The Morgan fingerprint density at radius 2 is 2.14 bits per heavy atom. The highest BCUT2D eigenvalue weighted by Gasteiger charge is 2.26. The van der Waals surface area contributed by atoms with E-state index in [-0.39, 0.29) is 11.7 Å². The van der Waals surface area contributed by atoms with Crippen LogP contribution in [0.25, 0.3) is 0 Å². The zero-order valence-corrected chi connectivity index (χ0v) is 12.5. The van der Waals surface area contributed by atoms with Gasteiger partial charge >= 0.3 is 0 Å². The number of nitrogens with two attached hydrogens (primary N) is 1. The second-order valence-corrected chi connectivity index (χ2v) is 6.14. The predicted molar refractivity (Wildman–Crippen MR) is 86.1 cm³/mol. The number of fused-ring (bicyclic) bond motifs is 1. The number of benzene rings is 2. The molecule has 0 atom stereocenters. The molecule has 2 aromatic rings. The Morgan fingerprint density at radius 1 is 1.33 bits per heavy atom. The first-order valence-corrected chi connectivity index (χ1v) is 7.69. The average molecular weight is 300 g/mol. The lowest BCUT2D eigenvalue weighted by Crippen LogP contribution is -2.35. The van der Waals surface area contributed by atoms with Crippen molar-refractivity contribution in [1.29, 1.82) is 0 Å². The number of para-hydroxylation sites is 1. The summed E-state index contributed by atoms with van der Waals surface area (Å²) >= 11 is 1.71. The molecular weight excluding hydrogens is 284 g/mol. The molecule has 0 fully saturated rings. The van der Waals surface area contributed by atoms with Crippen molar-refractivity contribution in [3.8, 4) is 5.75 Å². The third-order valence-corrected chi connectivity index (χ3v) is 4.60. The molecule has 1 amide bonds. The first-order chi connectivity index (χ1) is 10.1. The van der Waals surface area contributed by atoms with Crippen molar-refractivity contribution in [2.75, 3.05) is 22.9 Å². The Labute approximate surface area is 127 Å². The normalized spacial score (nSPS) is 13.9. The number of hydrogen-bond acceptors (Lipinski definition) is 4. The Kier molecular flexibility index (Phi) is 3.51. The molecule has 3 rings (SSSR count). The topological polar surface area (TPSA) is 66.6 Å². The number of nitrogen functional groups attached to an aromatic ring is 1. The third kappa shape index (κ3) is 2.45. The molecule has 108 valence electrons. The van der Waals surface area contributed by atoms with Crippen molar-refractivity contribution in [1.82, 2.24) is 0 Å². The van der Waals surface area contributed by atoms with Crippen LogP contribution >= 0.6 is 11.8 Å². The highest BCUT2D eigenvalue weighted by Crippen LogP contribution is 2.37. The quantitative estimate of drug-likeness (QED) is 0.794. The van der Waals surface area contributed by atoms with Gasteiger partial charge in [0.05, 0.1) is 11.3 Å². The van der Waals surface area contributed by atoms with Crippen LogP contribution in [-0.4, -0.2) is 23.3 Å². The van der Waals surface area contributed by atoms with Crippen molar-refractivity contribution in [3.05, 3.63) is 47.5 Å². The van der Waals surface area contributed by atoms with E-state index in [1.54, 1.807) is 41.8 Å². The smallest absolute Gasteiger partial charge is 0.262 e. The largest absolute Gasteiger partial charge is 0.507 e. The summed E-state index contributed by atoms with van der Waals surface area (Å²) < 4.78 is 0. The molecule has 1 heterocycles. The lowest BCUT2D eigenvalue weighted by atomic mass is 10.1. The van der Waals surface area contributed by atoms with Gasteiger partial charge in [0, 0.05) is 22.9 Å². The zero-order chi connectivity index (χ0) is 15.0. The molecule has 0 radical (unpaired) electrons. The van der Waals surface area contributed by atoms with Crippen LogP contribution in [0.4, 0.5) is 11.4 Å². The Morgan fingerprint density at radius 3 is 2.95 bits per heavy atom. The van der Waals surface area contributed by atoms with Crippen LogP contribution < -0.4 is 10.6 Å². The van der Waals surface area contributed by atoms with Gasteiger partial charge in [-0.3, -0.25) is 4.79 Å². The van der Waals surface area contributed by atoms with Gasteiger partial charge in [-0.2, -0.15) is 0 Å². The number of hydrogen-bond donors (Lipinski definition) is 2. The number of aromatic hydroxyl groups is 1. The maximum Gasteiger partial charge on any atom is 0.262 e. The Balaban J connectivity index is 2.04. The van der Waals surface area contributed by atoms with Gasteiger partial charge in [0.25, 0.3) is 5.91 Å². The van der Waals surface area contributed by atoms with Gasteiger partial charge in [-0.15, -0.1) is 11.8 Å². The van der Waals surface area contributed by atoms with Crippen LogP contribution in [0.1, 0.15) is 15.9 Å². The van der Waals surface area contributed by atoms with E-state index in [0.29, 0.717) is 23.4 Å². The summed E-state index contributed by atoms with van der Waals surface area (Å²) in [7, 11) is 0. The maximum atomic E-state index is 12.8. The molecule has 0 aromatic heterocycles. The minimum Gasteiger partial charge on any atom is -0.507 e. The number of carbonyl (C=O) groups is 1. The first kappa shape index (κ1) is 13.8. The zero-order valence-electron chi connectivity index (χ0n) is 11.7. The van der Waals surface area contributed by atoms with Crippen molar-refractivity contribution >= 4 is 29.0 Å². The Hall–Kier alpha value is -2.14. The minimum atomic E-state index is -0.191. The highest BCUT2D eigenvalue weighted by molar-refractivity contribution is 7.99. The molecule has 21 heavy (non-hydrogen) atoms. The van der Waals surface area contributed by atoms with Gasteiger partial charge in [0.1, 0.15) is 5.75 Å². The number of rotatable bonds is 1. The molecule has 0 saturated heterocycles. The molecule has 0 bridgehead atoms. The summed E-state index contributed by atoms with van der Waals surface area (Å²) in [6.07, 6.45) is 0. The highest BCUT2D eigenvalue weighted by atomic mass is 32.2. The molecular formula is C16H16N2O2S. The van der Waals surface area contributed by atoms with Gasteiger partial charge in [-0.05, 0) is 36.8 Å². The fraction of sp³-hybridized carbons (Fsp3) is 0.188. The predicted octanol–water partition coefficient (Wildman–Crippen LogP) is 3.04. The fourth-order valence-electron chi connectivity index (χ4n) is 2.42. The number of phenols is 1. The number of nitrogens with zero attached hydrogens (tertiary/aromatic N) is 1. The third-order valence-electron chi connectivity index (χ3n) is 3.56. The average Bonchev–Trinajstić information content (AvgIpc) is 2.48. The molecule has 1 aliphatic heterocycles. The van der Waals surface area contributed by atoms with Crippen LogP contribution in [0, 0.1) is 6.92 Å². The standard InChI is InChI=1S/C16H16N2O2S/c1-10-3-2-4-12(15(10)19)16(20)18-7-8-21-14-6-5-11(17)9-13(14)18/h2-6,9,19H,7-8,17H2,1H3. The summed E-state index contributed by atoms with van der Waals surface area (Å²) in [6, 6.07) is 10.8. The second-order valence-electron chi connectivity index (χ2n) is 5.00. The lowest BCUT2D eigenvalue weighted by molar-refractivity contribution is 0.0985. The van der Waals surface area contributed by atoms with Gasteiger partial charge < -0.3 is 15.7 Å². The van der Waals surface area contributed by atoms with E-state index in [4.69, 9.17) is 5.73 Å². The number of anilines is 2. The molecule has 1 aliphatic rings. The molecule has 2 aromatic carbocycles. The van der Waals surface area contributed by atoms with Crippen LogP contribution in [0.2, 0.25) is 0 Å². The molecule has 0 aliphatic carbocycles. The van der Waals surface area contributed by atoms with Gasteiger partial charge in [-0.25, -0.2) is 0 Å². The summed E-state index contributed by atoms with van der Waals surface area (Å²) in [4.78, 5) is 15.5. The summed E-state index contributed by atoms with van der Waals surface area (Å²) in [5, 5.41) is 10.1. The van der Waals surface area contributed by atoms with Crippen LogP contribution in [-0.2, 0) is 0 Å². The summed E-state index contributed by atoms with van der Waals surface area (Å²) in [6.45, 7) is 2.39. The number of phenolic OH excluding ortho intramolecular Hbond substituents is 1. The summed E-state index contributed by atoms with van der Waals surface area (Å²) in [5.41, 5.74) is 8.31. The molecule has 5 heteroatoms. The van der Waals surface area contributed by atoms with Crippen molar-refractivity contribution in [3.63, 3.8) is 0 Å². The minimum absolute atomic E-state index is 0.0474. The van der Waals surface area contributed by atoms with Gasteiger partial charge in [0.15, 0.2) is 0 Å². The van der Waals surface area contributed by atoms with E-state index in [1.165, 1.54) is 0 Å². The number of amides is 1. The van der Waals surface area contributed by atoms with Crippen molar-refractivity contribution < 1.29 is 9.90 Å². The molecule has 0 spiro atoms. The van der Waals surface area contributed by atoms with E-state index in [1.807, 2.05) is 18.2 Å². The van der Waals surface area contributed by atoms with Crippen LogP contribution in [0.15, 0.2) is 41.3 Å². The van der Waals surface area contributed by atoms with E-state index < -0.39 is 0 Å². The van der Waals surface area contributed by atoms with Gasteiger partial charge in [-0.1, -0.05) is 12.1 Å². The first-order valence-electron chi connectivity index (χ1n) is 6.70. The molecule has 4 nitrogen and oxygen atoms in total. The fourth-order valence-corrected chi connectivity index (χ4v) is 3.40. The monoisotopic (exact) mass is 300 g/mol. The SMILES string of the molecule is Cc1cccc(C(=O)N2CCSc3ccc(N)cc32)c1O. The van der Waals surface area contributed by atoms with Gasteiger partial charge in [0.2, 0.25) is 0 Å². The molecule has 0 saturated carbocycles. The lowest BCUT2D eigenvalue weighted by Gasteiger charge is -2.29. The van der Waals surface area contributed by atoms with E-state index >= 15 is 0 Å². The molecule has 0 unspecified atom stereocenters. The second kappa shape index (κ2) is 5.33.